The largest absolute Gasteiger partial charge is 0.508 e. The van der Waals surface area contributed by atoms with Crippen molar-refractivity contribution in [2.45, 2.75) is 24.2 Å². The number of phenolic OH excluding ortho intramolecular Hbond substituents is 1. The Hall–Kier alpha value is -4.74. The maximum Gasteiger partial charge on any atom is 0.423 e. The van der Waals surface area contributed by atoms with Gasteiger partial charge in [0.25, 0.3) is 11.8 Å². The fourth-order valence-corrected chi connectivity index (χ4v) is 8.33. The number of hydrazine groups is 1. The summed E-state index contributed by atoms with van der Waals surface area (Å²) in [5.74, 6) is -8.37. The first-order chi connectivity index (χ1) is 22.5. The van der Waals surface area contributed by atoms with Crippen LogP contribution in [0, 0.1) is 29.5 Å². The summed E-state index contributed by atoms with van der Waals surface area (Å²) in [5.41, 5.74) is 2.62. The van der Waals surface area contributed by atoms with Gasteiger partial charge in [-0.3, -0.25) is 24.6 Å². The van der Waals surface area contributed by atoms with Gasteiger partial charge in [0.15, 0.2) is 0 Å². The van der Waals surface area contributed by atoms with Gasteiger partial charge in [-0.15, -0.1) is 0 Å². The van der Waals surface area contributed by atoms with Crippen molar-refractivity contribution >= 4 is 58.6 Å². The van der Waals surface area contributed by atoms with Crippen molar-refractivity contribution in [3.63, 3.8) is 0 Å². The second kappa shape index (κ2) is 11.2. The van der Waals surface area contributed by atoms with Crippen LogP contribution in [-0.2, 0) is 29.3 Å². The highest BCUT2D eigenvalue weighted by Crippen LogP contribution is 2.65. The van der Waals surface area contributed by atoms with Crippen LogP contribution < -0.4 is 5.43 Å². The van der Waals surface area contributed by atoms with Crippen LogP contribution in [-0.4, -0.2) is 51.8 Å². The van der Waals surface area contributed by atoms with Crippen molar-refractivity contribution in [2.24, 2.45) is 23.7 Å². The van der Waals surface area contributed by atoms with Gasteiger partial charge in [0.05, 0.1) is 36.0 Å². The van der Waals surface area contributed by atoms with Crippen molar-refractivity contribution in [1.82, 2.24) is 9.91 Å². The number of nitrogens with zero attached hydrogens (tertiary/aromatic N) is 2. The first kappa shape index (κ1) is 30.9. The first-order valence-electron chi connectivity index (χ1n) is 14.8. The van der Waals surface area contributed by atoms with E-state index in [0.717, 1.165) is 12.1 Å². The quantitative estimate of drug-likeness (QED) is 0.270. The summed E-state index contributed by atoms with van der Waals surface area (Å²) >= 11 is 12.7. The molecule has 47 heavy (non-hydrogen) atoms. The zero-order valence-corrected chi connectivity index (χ0v) is 26.2. The number of likely N-dealkylation sites (tertiary alicyclic amines) is 1. The predicted octanol–water partition coefficient (Wildman–Crippen LogP) is 5.59. The molecule has 2 aliphatic carbocycles. The molecule has 3 fully saturated rings. The topological polar surface area (TPSA) is 133 Å². The van der Waals surface area contributed by atoms with E-state index in [1.54, 1.807) is 30.3 Å². The van der Waals surface area contributed by atoms with Crippen LogP contribution >= 0.6 is 23.2 Å². The van der Waals surface area contributed by atoms with E-state index in [-0.39, 0.29) is 34.9 Å². The van der Waals surface area contributed by atoms with Crippen molar-refractivity contribution in [1.29, 1.82) is 0 Å². The van der Waals surface area contributed by atoms with Gasteiger partial charge in [0, 0.05) is 21.5 Å². The molecule has 2 saturated heterocycles. The lowest BCUT2D eigenvalue weighted by atomic mass is 9.49. The smallest absolute Gasteiger partial charge is 0.423 e. The fraction of sp³-hybridized carbons (Fsp3) is 0.265. The highest BCUT2D eigenvalue weighted by atomic mass is 35.5. The number of aromatic hydroxyl groups is 1. The average molecular weight is 679 g/mol. The molecule has 1 saturated carbocycles. The molecule has 0 radical (unpaired) electrons. The Morgan fingerprint density at radius 2 is 1.62 bits per heavy atom. The number of ether oxygens (including phenoxy) is 1. The second-order valence-electron chi connectivity index (χ2n) is 12.1. The van der Waals surface area contributed by atoms with Gasteiger partial charge >= 0.3 is 6.09 Å². The zero-order valence-electron chi connectivity index (χ0n) is 24.7. The Kier molecular flexibility index (Phi) is 7.36. The van der Waals surface area contributed by atoms with Crippen LogP contribution in [0.4, 0.5) is 14.9 Å². The lowest BCUT2D eigenvalue weighted by molar-refractivity contribution is -0.140. The Bertz CT molecular complexity index is 1900. The molecule has 4 aliphatic rings. The molecule has 2 N–H and O–H groups in total. The number of allylic oxidation sites excluding steroid dienone is 2. The average Bonchev–Trinajstić information content (AvgIpc) is 3.44. The molecule has 2 heterocycles. The van der Waals surface area contributed by atoms with E-state index in [2.05, 4.69) is 5.43 Å². The van der Waals surface area contributed by atoms with Gasteiger partial charge < -0.3 is 9.84 Å². The summed E-state index contributed by atoms with van der Waals surface area (Å²) in [5, 5.41) is 12.9. The number of phenols is 1. The number of rotatable bonds is 4. The molecule has 7 rings (SSSR count). The van der Waals surface area contributed by atoms with Crippen molar-refractivity contribution in [3.05, 3.63) is 105 Å². The van der Waals surface area contributed by atoms with Crippen LogP contribution in [0.1, 0.15) is 29.9 Å². The Labute approximate surface area is 277 Å². The molecular formula is C34H26Cl2FN3O7. The van der Waals surface area contributed by atoms with Crippen LogP contribution in [0.25, 0.3) is 0 Å². The normalized spacial score (nSPS) is 28.1. The Morgan fingerprint density at radius 1 is 0.936 bits per heavy atom. The molecule has 5 amide bonds. The molecule has 240 valence electrons. The molecule has 6 atom stereocenters. The van der Waals surface area contributed by atoms with E-state index in [9.17, 15) is 28.7 Å². The van der Waals surface area contributed by atoms with Gasteiger partial charge in [0.2, 0.25) is 11.8 Å². The van der Waals surface area contributed by atoms with E-state index in [1.807, 2.05) is 0 Å². The Balaban J connectivity index is 1.47. The van der Waals surface area contributed by atoms with Crippen LogP contribution in [0.3, 0.4) is 0 Å². The Morgan fingerprint density at radius 3 is 2.30 bits per heavy atom. The van der Waals surface area contributed by atoms with Crippen LogP contribution in [0.2, 0.25) is 10.0 Å². The lowest BCUT2D eigenvalue weighted by Crippen LogP contribution is -2.53. The molecule has 10 nitrogen and oxygen atoms in total. The number of anilines is 1. The summed E-state index contributed by atoms with van der Waals surface area (Å²) in [6.07, 6.45) is 0.680. The number of benzene rings is 3. The molecule has 0 bridgehead atoms. The molecule has 13 heteroatoms. The monoisotopic (exact) mass is 677 g/mol. The minimum Gasteiger partial charge on any atom is -0.508 e. The van der Waals surface area contributed by atoms with E-state index < -0.39 is 70.5 Å². The first-order valence-corrected chi connectivity index (χ1v) is 15.5. The maximum atomic E-state index is 15.0. The third-order valence-corrected chi connectivity index (χ3v) is 10.4. The summed E-state index contributed by atoms with van der Waals surface area (Å²) < 4.78 is 18.5. The minimum atomic E-state index is -1.69. The number of methoxy groups -OCH3 is 1. The van der Waals surface area contributed by atoms with Gasteiger partial charge in [-0.25, -0.2) is 9.18 Å². The van der Waals surface area contributed by atoms with Crippen LogP contribution in [0.15, 0.2) is 78.4 Å². The molecular weight excluding hydrogens is 652 g/mol. The number of nitrogens with one attached hydrogen (secondary N) is 1. The molecule has 3 aromatic rings. The number of hydrogen-bond donors (Lipinski definition) is 2. The van der Waals surface area contributed by atoms with E-state index in [4.69, 9.17) is 27.9 Å². The number of hydrogen-bond acceptors (Lipinski definition) is 8. The van der Waals surface area contributed by atoms with Crippen molar-refractivity contribution in [3.8, 4) is 5.75 Å². The number of amides is 5. The summed E-state index contributed by atoms with van der Waals surface area (Å²) in [6, 6.07) is 16.0. The number of carbonyl (C=O) groups is 5. The second-order valence-corrected chi connectivity index (χ2v) is 12.9. The summed E-state index contributed by atoms with van der Waals surface area (Å²) in [7, 11) is 1.07. The number of carbonyl (C=O) groups excluding carboxylic acids is 5. The standard InChI is InChI=1S/C34H26Cl2FN3O7/c1-47-33(46)39-29(42)22-12-11-21-23(27(22)31(39)44)15-25-30(43)40(38-20-9-7-19(37)8-10-20)32(45)34(25,16-2-4-17(35)5-3-16)28(21)24-14-18(36)6-13-26(24)41/h2-11,13-14,22-23,25,27-28,38,41H,12,15H2,1H3/t22-,23+,25-,27-,28+,34+/m0/s1. The van der Waals surface area contributed by atoms with Crippen molar-refractivity contribution < 1.29 is 38.2 Å². The highest BCUT2D eigenvalue weighted by molar-refractivity contribution is 6.31. The summed E-state index contributed by atoms with van der Waals surface area (Å²) in [4.78, 5) is 69.7. The SMILES string of the molecule is COC(=O)N1C(=O)[C@H]2[C@H](CC=C3[C@H]2C[C@H]2C(=O)N(Nc4ccc(F)cc4)C(=O)[C@@]2(c2ccc(Cl)cc2)[C@H]3c2cc(Cl)ccc2O)C1=O. The third-order valence-electron chi connectivity index (χ3n) is 9.91. The van der Waals surface area contributed by atoms with E-state index in [0.29, 0.717) is 21.1 Å². The predicted molar refractivity (Wildman–Crippen MR) is 166 cm³/mol. The molecule has 0 unspecified atom stereocenters. The number of halogens is 3. The molecule has 0 aromatic heterocycles. The van der Waals surface area contributed by atoms with Crippen LogP contribution in [0.5, 0.6) is 5.75 Å². The van der Waals surface area contributed by atoms with Crippen molar-refractivity contribution in [2.75, 3.05) is 12.5 Å². The van der Waals surface area contributed by atoms with Gasteiger partial charge in [-0.2, -0.15) is 9.91 Å². The molecule has 3 aromatic carbocycles. The van der Waals surface area contributed by atoms with Gasteiger partial charge in [-0.1, -0.05) is 47.0 Å². The fourth-order valence-electron chi connectivity index (χ4n) is 8.03. The molecule has 0 spiro atoms. The van der Waals surface area contributed by atoms with E-state index >= 15 is 4.79 Å². The summed E-state index contributed by atoms with van der Waals surface area (Å²) in [6.45, 7) is 0. The highest BCUT2D eigenvalue weighted by Gasteiger charge is 2.71. The maximum absolute atomic E-state index is 15.0. The molecule has 2 aliphatic heterocycles. The zero-order chi connectivity index (χ0) is 33.4. The van der Waals surface area contributed by atoms with Gasteiger partial charge in [0.1, 0.15) is 11.6 Å². The van der Waals surface area contributed by atoms with E-state index in [1.165, 1.54) is 42.5 Å². The number of fused-ring (bicyclic) bond motifs is 4. The third kappa shape index (κ3) is 4.47. The lowest BCUT2D eigenvalue weighted by Gasteiger charge is -2.50. The van der Waals surface area contributed by atoms with Gasteiger partial charge in [-0.05, 0) is 78.9 Å². The minimum absolute atomic E-state index is 0.0480. The number of imide groups is 4.